The van der Waals surface area contributed by atoms with Gasteiger partial charge in [0, 0.05) is 11.1 Å². The zero-order valence-corrected chi connectivity index (χ0v) is 24.9. The van der Waals surface area contributed by atoms with E-state index in [2.05, 4.69) is 10.6 Å². The summed E-state index contributed by atoms with van der Waals surface area (Å²) in [5, 5.41) is 7.07. The number of carbonyl (C=O) groups is 2. The highest BCUT2D eigenvalue weighted by molar-refractivity contribution is 8.48. The molecular weight excluding hydrogens is 505 g/mol. The fraction of sp³-hybridized carbons (Fsp3) is 0.897. The number of amides is 2. The van der Waals surface area contributed by atoms with E-state index in [4.69, 9.17) is 12.2 Å². The normalized spacial score (nSPS) is 42.4. The van der Waals surface area contributed by atoms with Gasteiger partial charge in [-0.2, -0.15) is 0 Å². The van der Waals surface area contributed by atoms with E-state index in [1.807, 2.05) is 27.7 Å². The van der Waals surface area contributed by atoms with E-state index in [0.717, 1.165) is 74.0 Å². The molecule has 0 spiro atoms. The summed E-state index contributed by atoms with van der Waals surface area (Å²) < 4.78 is -0.619. The van der Waals surface area contributed by atoms with Crippen molar-refractivity contribution in [3.05, 3.63) is 0 Å². The molecule has 0 heterocycles. The van der Waals surface area contributed by atoms with Crippen LogP contribution < -0.4 is 10.6 Å². The summed E-state index contributed by atoms with van der Waals surface area (Å²) in [6, 6.07) is 0. The Bertz CT molecular complexity index is 814. The minimum atomic E-state index is -0.653. The van der Waals surface area contributed by atoms with Gasteiger partial charge in [-0.3, -0.25) is 9.59 Å². The lowest BCUT2D eigenvalue weighted by Crippen LogP contribution is -2.62. The molecular formula is C29H44N2O2S3. The van der Waals surface area contributed by atoms with Crippen LogP contribution in [0.5, 0.6) is 0 Å². The lowest BCUT2D eigenvalue weighted by atomic mass is 9.53. The molecule has 0 aromatic rings. The molecule has 0 saturated heterocycles. The van der Waals surface area contributed by atoms with Crippen LogP contribution in [0.25, 0.3) is 0 Å². The molecule has 200 valence electrons. The van der Waals surface area contributed by atoms with Gasteiger partial charge in [0.25, 0.3) is 0 Å². The summed E-state index contributed by atoms with van der Waals surface area (Å²) in [6.07, 6.45) is 15.1. The second kappa shape index (κ2) is 8.87. The van der Waals surface area contributed by atoms with Crippen molar-refractivity contribution in [3.63, 3.8) is 0 Å². The maximum atomic E-state index is 13.5. The topological polar surface area (TPSA) is 58.2 Å². The Morgan fingerprint density at radius 2 is 0.861 bits per heavy atom. The monoisotopic (exact) mass is 548 g/mol. The minimum Gasteiger partial charge on any atom is -0.349 e. The lowest BCUT2D eigenvalue weighted by molar-refractivity contribution is -0.129. The maximum absolute atomic E-state index is 13.5. The summed E-state index contributed by atoms with van der Waals surface area (Å²) >= 11 is 8.70. The van der Waals surface area contributed by atoms with E-state index in [9.17, 15) is 9.59 Å². The third kappa shape index (κ3) is 4.92. The third-order valence-corrected chi connectivity index (χ3v) is 13.3. The van der Waals surface area contributed by atoms with Gasteiger partial charge in [0.05, 0.1) is 9.49 Å². The largest absolute Gasteiger partial charge is 0.349 e. The van der Waals surface area contributed by atoms with Crippen molar-refractivity contribution in [2.75, 3.05) is 0 Å². The Morgan fingerprint density at radius 1 is 0.611 bits per heavy atom. The Balaban J connectivity index is 1.05. The first-order valence-corrected chi connectivity index (χ1v) is 16.4. The van der Waals surface area contributed by atoms with E-state index < -0.39 is 9.49 Å². The highest BCUT2D eigenvalue weighted by atomic mass is 32.2. The van der Waals surface area contributed by atoms with Crippen molar-refractivity contribution >= 4 is 51.1 Å². The number of carbonyl (C=O) groups excluding carboxylic acids is 2. The van der Waals surface area contributed by atoms with Crippen LogP contribution >= 0.6 is 35.7 Å². The standard InChI is InChI=1S/C29H44N2O2S3/c1-26(2,23(32)30-28-11-17-5-18(12-28)7-19(6-17)13-28)35-25(34)36-27(3,4)24(33)31-29-14-20-8-21(15-29)10-22(9-20)16-29/h17-22H,5-16H2,1-4H3,(H,30,32)(H,31,33). The molecule has 8 saturated carbocycles. The smallest absolute Gasteiger partial charge is 0.236 e. The molecule has 7 heteroatoms. The molecule has 8 bridgehead atoms. The molecule has 36 heavy (non-hydrogen) atoms. The average Bonchev–Trinajstić information content (AvgIpc) is 2.70. The molecule has 0 aliphatic heterocycles. The number of thioether (sulfide) groups is 2. The predicted molar refractivity (Wildman–Crippen MR) is 154 cm³/mol. The van der Waals surface area contributed by atoms with Gasteiger partial charge in [0.2, 0.25) is 11.8 Å². The quantitative estimate of drug-likeness (QED) is 0.373. The van der Waals surface area contributed by atoms with Gasteiger partial charge in [-0.1, -0.05) is 35.7 Å². The van der Waals surface area contributed by atoms with Gasteiger partial charge in [-0.15, -0.1) is 0 Å². The fourth-order valence-electron chi connectivity index (χ4n) is 9.84. The van der Waals surface area contributed by atoms with E-state index >= 15 is 0 Å². The molecule has 0 atom stereocenters. The molecule has 0 radical (unpaired) electrons. The molecule has 8 rings (SSSR count). The fourth-order valence-corrected chi connectivity index (χ4v) is 13.6. The van der Waals surface area contributed by atoms with Crippen molar-refractivity contribution in [1.82, 2.24) is 10.6 Å². The average molecular weight is 549 g/mol. The van der Waals surface area contributed by atoms with E-state index in [0.29, 0.717) is 3.53 Å². The Kier molecular flexibility index (Phi) is 6.40. The minimum absolute atomic E-state index is 0.00937. The number of hydrogen-bond donors (Lipinski definition) is 2. The van der Waals surface area contributed by atoms with Crippen LogP contribution in [0.3, 0.4) is 0 Å². The number of hydrogen-bond acceptors (Lipinski definition) is 5. The first-order valence-electron chi connectivity index (χ1n) is 14.4. The summed E-state index contributed by atoms with van der Waals surface area (Å²) in [7, 11) is 0. The summed E-state index contributed by atoms with van der Waals surface area (Å²) in [5.41, 5.74) is 0.0187. The van der Waals surface area contributed by atoms with Crippen LogP contribution in [0, 0.1) is 35.5 Å². The Labute approximate surface area is 231 Å². The van der Waals surface area contributed by atoms with Crippen LogP contribution in [0.1, 0.15) is 105 Å². The Morgan fingerprint density at radius 3 is 1.11 bits per heavy atom. The van der Waals surface area contributed by atoms with E-state index in [-0.39, 0.29) is 22.9 Å². The molecule has 0 aromatic heterocycles. The van der Waals surface area contributed by atoms with Crippen LogP contribution in [-0.2, 0) is 9.59 Å². The van der Waals surface area contributed by atoms with Gasteiger partial charge in [0.15, 0.2) is 0 Å². The second-order valence-electron chi connectivity index (χ2n) is 14.8. The van der Waals surface area contributed by atoms with Crippen LogP contribution in [0.2, 0.25) is 0 Å². The highest BCUT2D eigenvalue weighted by Gasteiger charge is 2.54. The van der Waals surface area contributed by atoms with Crippen molar-refractivity contribution in [2.45, 2.75) is 125 Å². The molecule has 8 aliphatic rings. The van der Waals surface area contributed by atoms with E-state index in [1.54, 1.807) is 0 Å². The van der Waals surface area contributed by atoms with Crippen molar-refractivity contribution in [3.8, 4) is 0 Å². The number of thiocarbonyl (C=S) groups is 1. The molecule has 8 fully saturated rings. The predicted octanol–water partition coefficient (Wildman–Crippen LogP) is 6.46. The van der Waals surface area contributed by atoms with Crippen molar-refractivity contribution in [1.29, 1.82) is 0 Å². The highest BCUT2D eigenvalue weighted by Crippen LogP contribution is 2.57. The SMILES string of the molecule is CC(C)(SC(=S)SC(C)(C)C(=O)NC12CC3CC(CC(C3)C1)C2)C(=O)NC12CC3CC(CC(C3)C1)C2. The number of rotatable bonds is 6. The second-order valence-corrected chi connectivity index (χ2v) is 19.2. The van der Waals surface area contributed by atoms with E-state index in [1.165, 1.54) is 62.0 Å². The lowest BCUT2D eigenvalue weighted by Gasteiger charge is -2.57. The molecule has 0 unspecified atom stereocenters. The first-order chi connectivity index (χ1) is 16.8. The van der Waals surface area contributed by atoms with Crippen LogP contribution in [0.4, 0.5) is 0 Å². The molecule has 4 nitrogen and oxygen atoms in total. The van der Waals surface area contributed by atoms with Gasteiger partial charge in [-0.05, 0) is 140 Å². The van der Waals surface area contributed by atoms with Gasteiger partial charge >= 0.3 is 0 Å². The zero-order valence-electron chi connectivity index (χ0n) is 22.5. The Hall–Kier alpha value is -0.270. The van der Waals surface area contributed by atoms with Gasteiger partial charge in [0.1, 0.15) is 3.53 Å². The third-order valence-electron chi connectivity index (χ3n) is 10.6. The van der Waals surface area contributed by atoms with Crippen molar-refractivity contribution < 1.29 is 9.59 Å². The molecule has 0 aromatic carbocycles. The van der Waals surface area contributed by atoms with Crippen LogP contribution in [0.15, 0.2) is 0 Å². The summed E-state index contributed by atoms with van der Waals surface area (Å²) in [6.45, 7) is 7.96. The number of nitrogens with one attached hydrogen (secondary N) is 2. The zero-order chi connectivity index (χ0) is 25.5. The van der Waals surface area contributed by atoms with Gasteiger partial charge < -0.3 is 10.6 Å². The summed E-state index contributed by atoms with van der Waals surface area (Å²) in [5.74, 6) is 5.03. The first kappa shape index (κ1) is 26.0. The summed E-state index contributed by atoms with van der Waals surface area (Å²) in [4.78, 5) is 27.0. The molecule has 2 amide bonds. The van der Waals surface area contributed by atoms with Crippen LogP contribution in [-0.4, -0.2) is 35.9 Å². The van der Waals surface area contributed by atoms with Gasteiger partial charge in [-0.25, -0.2) is 0 Å². The molecule has 8 aliphatic carbocycles. The molecule has 2 N–H and O–H groups in total. The van der Waals surface area contributed by atoms with Crippen molar-refractivity contribution in [2.24, 2.45) is 35.5 Å². The maximum Gasteiger partial charge on any atom is 0.236 e.